The van der Waals surface area contributed by atoms with Crippen LogP contribution in [0, 0.1) is 5.82 Å². The lowest BCUT2D eigenvalue weighted by Gasteiger charge is -2.03. The molecule has 0 amide bonds. The van der Waals surface area contributed by atoms with E-state index in [1.807, 2.05) is 6.92 Å². The quantitative estimate of drug-likeness (QED) is 0.917. The first-order valence-corrected chi connectivity index (χ1v) is 5.55. The standard InChI is InChI=1S/C11H11ClFN3O/c1-2-11(17)9-6-16(15-14-9)10-5-7(12)3-4-8(10)13/h3-6,11,17H,2H2,1H3. The van der Waals surface area contributed by atoms with Crippen molar-refractivity contribution in [2.75, 3.05) is 0 Å². The number of benzene rings is 1. The summed E-state index contributed by atoms with van der Waals surface area (Å²) in [6, 6.07) is 4.17. The molecule has 2 aromatic rings. The van der Waals surface area contributed by atoms with Gasteiger partial charge in [-0.15, -0.1) is 5.10 Å². The third kappa shape index (κ3) is 2.45. The van der Waals surface area contributed by atoms with E-state index in [4.69, 9.17) is 11.6 Å². The van der Waals surface area contributed by atoms with E-state index in [1.54, 1.807) is 0 Å². The van der Waals surface area contributed by atoms with Gasteiger partial charge in [0.15, 0.2) is 0 Å². The molecule has 1 aromatic carbocycles. The van der Waals surface area contributed by atoms with Crippen molar-refractivity contribution in [1.29, 1.82) is 0 Å². The summed E-state index contributed by atoms with van der Waals surface area (Å²) in [6.07, 6.45) is 1.32. The van der Waals surface area contributed by atoms with E-state index < -0.39 is 11.9 Å². The summed E-state index contributed by atoms with van der Waals surface area (Å²) in [5.74, 6) is -0.447. The Morgan fingerprint density at radius 1 is 1.53 bits per heavy atom. The molecule has 4 nitrogen and oxygen atoms in total. The number of nitrogens with zero attached hydrogens (tertiary/aromatic N) is 3. The van der Waals surface area contributed by atoms with Crippen molar-refractivity contribution in [3.8, 4) is 5.69 Å². The van der Waals surface area contributed by atoms with E-state index >= 15 is 0 Å². The zero-order chi connectivity index (χ0) is 12.4. The monoisotopic (exact) mass is 255 g/mol. The van der Waals surface area contributed by atoms with Crippen LogP contribution in [0.3, 0.4) is 0 Å². The second-order valence-electron chi connectivity index (χ2n) is 3.61. The molecule has 1 atom stereocenters. The molecule has 0 spiro atoms. The fourth-order valence-corrected chi connectivity index (χ4v) is 1.58. The first kappa shape index (κ1) is 12.0. The molecule has 0 saturated heterocycles. The Hall–Kier alpha value is -1.46. The Balaban J connectivity index is 2.40. The van der Waals surface area contributed by atoms with Crippen molar-refractivity contribution >= 4 is 11.6 Å². The number of rotatable bonds is 3. The summed E-state index contributed by atoms with van der Waals surface area (Å²) < 4.78 is 14.8. The van der Waals surface area contributed by atoms with Crippen LogP contribution in [0.5, 0.6) is 0 Å². The highest BCUT2D eigenvalue weighted by Crippen LogP contribution is 2.20. The van der Waals surface area contributed by atoms with Crippen LogP contribution in [0.1, 0.15) is 25.1 Å². The van der Waals surface area contributed by atoms with Crippen LogP contribution >= 0.6 is 11.6 Å². The van der Waals surface area contributed by atoms with E-state index in [2.05, 4.69) is 10.3 Å². The molecule has 0 aliphatic carbocycles. The highest BCUT2D eigenvalue weighted by Gasteiger charge is 2.12. The Labute approximate surface area is 103 Å². The van der Waals surface area contributed by atoms with Crippen molar-refractivity contribution in [1.82, 2.24) is 15.0 Å². The predicted octanol–water partition coefficient (Wildman–Crippen LogP) is 2.50. The van der Waals surface area contributed by atoms with Crippen molar-refractivity contribution in [2.24, 2.45) is 0 Å². The van der Waals surface area contributed by atoms with E-state index in [-0.39, 0.29) is 5.69 Å². The van der Waals surface area contributed by atoms with E-state index in [1.165, 1.54) is 29.1 Å². The van der Waals surface area contributed by atoms with Gasteiger partial charge in [0, 0.05) is 5.02 Å². The molecule has 0 aliphatic rings. The molecular weight excluding hydrogens is 245 g/mol. The molecule has 1 heterocycles. The molecule has 0 bridgehead atoms. The van der Waals surface area contributed by atoms with E-state index in [9.17, 15) is 9.50 Å². The lowest BCUT2D eigenvalue weighted by molar-refractivity contribution is 0.169. The normalized spacial score (nSPS) is 12.7. The second kappa shape index (κ2) is 4.81. The first-order chi connectivity index (χ1) is 8.11. The molecule has 0 saturated carbocycles. The van der Waals surface area contributed by atoms with Crippen molar-refractivity contribution < 1.29 is 9.50 Å². The Morgan fingerprint density at radius 2 is 2.29 bits per heavy atom. The van der Waals surface area contributed by atoms with E-state index in [0.29, 0.717) is 17.1 Å². The number of aromatic nitrogens is 3. The molecule has 1 aromatic heterocycles. The lowest BCUT2D eigenvalue weighted by atomic mass is 10.2. The molecule has 0 aliphatic heterocycles. The summed E-state index contributed by atoms with van der Waals surface area (Å²) in [4.78, 5) is 0. The SMILES string of the molecule is CCC(O)c1cn(-c2cc(Cl)ccc2F)nn1. The molecule has 0 radical (unpaired) electrons. The van der Waals surface area contributed by atoms with Gasteiger partial charge < -0.3 is 5.11 Å². The minimum atomic E-state index is -0.689. The van der Waals surface area contributed by atoms with E-state index in [0.717, 1.165) is 0 Å². The minimum Gasteiger partial charge on any atom is -0.387 e. The largest absolute Gasteiger partial charge is 0.387 e. The third-order valence-electron chi connectivity index (χ3n) is 2.39. The molecule has 1 N–H and O–H groups in total. The summed E-state index contributed by atoms with van der Waals surface area (Å²) in [5, 5.41) is 17.5. The molecule has 90 valence electrons. The summed E-state index contributed by atoms with van der Waals surface area (Å²) in [7, 11) is 0. The highest BCUT2D eigenvalue weighted by molar-refractivity contribution is 6.30. The summed E-state index contributed by atoms with van der Waals surface area (Å²) >= 11 is 5.79. The zero-order valence-electron chi connectivity index (χ0n) is 9.14. The lowest BCUT2D eigenvalue weighted by Crippen LogP contribution is -1.98. The van der Waals surface area contributed by atoms with Crippen LogP contribution in [-0.2, 0) is 0 Å². The number of aliphatic hydroxyl groups is 1. The molecule has 1 unspecified atom stereocenters. The average Bonchev–Trinajstić information content (AvgIpc) is 2.80. The second-order valence-corrected chi connectivity index (χ2v) is 4.04. The topological polar surface area (TPSA) is 50.9 Å². The van der Waals surface area contributed by atoms with Gasteiger partial charge in [-0.1, -0.05) is 23.7 Å². The van der Waals surface area contributed by atoms with Crippen LogP contribution in [0.25, 0.3) is 5.69 Å². The van der Waals surface area contributed by atoms with Gasteiger partial charge in [0.05, 0.1) is 12.3 Å². The fourth-order valence-electron chi connectivity index (χ4n) is 1.42. The molecule has 2 rings (SSSR count). The average molecular weight is 256 g/mol. The van der Waals surface area contributed by atoms with Gasteiger partial charge in [-0.3, -0.25) is 0 Å². The number of hydrogen-bond donors (Lipinski definition) is 1. The fraction of sp³-hybridized carbons (Fsp3) is 0.273. The van der Waals surface area contributed by atoms with Crippen LogP contribution in [0.4, 0.5) is 4.39 Å². The first-order valence-electron chi connectivity index (χ1n) is 5.17. The molecule has 0 fully saturated rings. The molecule has 6 heteroatoms. The maximum atomic E-state index is 13.5. The Morgan fingerprint density at radius 3 is 3.00 bits per heavy atom. The van der Waals surface area contributed by atoms with Crippen LogP contribution < -0.4 is 0 Å². The van der Waals surface area contributed by atoms with Gasteiger partial charge in [-0.2, -0.15) is 0 Å². The maximum Gasteiger partial charge on any atom is 0.149 e. The Kier molecular flexibility index (Phi) is 3.40. The van der Waals surface area contributed by atoms with Crippen molar-refractivity contribution in [2.45, 2.75) is 19.4 Å². The van der Waals surface area contributed by atoms with Gasteiger partial charge in [0.1, 0.15) is 17.2 Å². The highest BCUT2D eigenvalue weighted by atomic mass is 35.5. The molecule has 17 heavy (non-hydrogen) atoms. The summed E-state index contributed by atoms with van der Waals surface area (Å²) in [6.45, 7) is 1.82. The predicted molar refractivity (Wildman–Crippen MR) is 61.6 cm³/mol. The van der Waals surface area contributed by atoms with Crippen LogP contribution in [0.2, 0.25) is 5.02 Å². The van der Waals surface area contributed by atoms with Gasteiger partial charge >= 0.3 is 0 Å². The van der Waals surface area contributed by atoms with Crippen molar-refractivity contribution in [3.63, 3.8) is 0 Å². The van der Waals surface area contributed by atoms with Gasteiger partial charge in [0.2, 0.25) is 0 Å². The zero-order valence-corrected chi connectivity index (χ0v) is 9.89. The van der Waals surface area contributed by atoms with Gasteiger partial charge in [0.25, 0.3) is 0 Å². The van der Waals surface area contributed by atoms with Gasteiger partial charge in [-0.25, -0.2) is 9.07 Å². The molecular formula is C11H11ClFN3O. The summed E-state index contributed by atoms with van der Waals surface area (Å²) in [5.41, 5.74) is 0.617. The Bertz CT molecular complexity index is 529. The number of hydrogen-bond acceptors (Lipinski definition) is 3. The van der Waals surface area contributed by atoms with Crippen LogP contribution in [0.15, 0.2) is 24.4 Å². The number of aliphatic hydroxyl groups excluding tert-OH is 1. The van der Waals surface area contributed by atoms with Gasteiger partial charge in [-0.05, 0) is 24.6 Å². The van der Waals surface area contributed by atoms with Crippen LogP contribution in [-0.4, -0.2) is 20.1 Å². The van der Waals surface area contributed by atoms with Crippen molar-refractivity contribution in [3.05, 3.63) is 40.9 Å². The third-order valence-corrected chi connectivity index (χ3v) is 2.63. The maximum absolute atomic E-state index is 13.5. The smallest absolute Gasteiger partial charge is 0.149 e. The number of halogens is 2. The minimum absolute atomic E-state index is 0.208.